The molecule has 33 heavy (non-hydrogen) atoms. The van der Waals surface area contributed by atoms with E-state index in [9.17, 15) is 9.18 Å². The van der Waals surface area contributed by atoms with Crippen LogP contribution in [-0.4, -0.2) is 47.0 Å². The van der Waals surface area contributed by atoms with Gasteiger partial charge in [0.05, 0.1) is 18.9 Å². The standard InChI is InChI=1S/C25H28FN5O2/c26-19-7-9-20(10-8-19)31-22-5-3-1-2-4-21(22)24(29-31)25(32)28-17-18-6-11-23(27-16-18)30-12-14-33-15-13-30/h6-11,16H,1-5,12-15,17H2,(H,28,32). The summed E-state index contributed by atoms with van der Waals surface area (Å²) < 4.78 is 20.6. The molecule has 5 rings (SSSR count). The van der Waals surface area contributed by atoms with Gasteiger partial charge in [-0.15, -0.1) is 0 Å². The summed E-state index contributed by atoms with van der Waals surface area (Å²) in [5.41, 5.74) is 4.24. The van der Waals surface area contributed by atoms with E-state index in [0.717, 1.165) is 73.5 Å². The van der Waals surface area contributed by atoms with E-state index < -0.39 is 0 Å². The van der Waals surface area contributed by atoms with E-state index in [0.29, 0.717) is 25.5 Å². The largest absolute Gasteiger partial charge is 0.378 e. The SMILES string of the molecule is O=C(NCc1ccc(N2CCOCC2)nc1)c1nn(-c2ccc(F)cc2)c2c1CCCCC2. The molecule has 8 heteroatoms. The number of morpholine rings is 1. The number of fused-ring (bicyclic) bond motifs is 1. The Morgan fingerprint density at radius 2 is 1.82 bits per heavy atom. The predicted molar refractivity (Wildman–Crippen MR) is 123 cm³/mol. The number of nitrogens with zero attached hydrogens (tertiary/aromatic N) is 4. The van der Waals surface area contributed by atoms with Crippen LogP contribution in [0.5, 0.6) is 0 Å². The van der Waals surface area contributed by atoms with Gasteiger partial charge in [-0.3, -0.25) is 4.79 Å². The van der Waals surface area contributed by atoms with Gasteiger partial charge in [0.25, 0.3) is 5.91 Å². The number of benzene rings is 1. The average Bonchev–Trinajstić information content (AvgIpc) is 3.05. The van der Waals surface area contributed by atoms with Crippen LogP contribution in [0.2, 0.25) is 0 Å². The summed E-state index contributed by atoms with van der Waals surface area (Å²) in [5, 5.41) is 7.68. The molecular formula is C25H28FN5O2. The molecular weight excluding hydrogens is 421 g/mol. The van der Waals surface area contributed by atoms with Crippen LogP contribution >= 0.6 is 0 Å². The molecule has 3 heterocycles. The molecule has 2 aromatic heterocycles. The Kier molecular flexibility index (Phi) is 6.35. The van der Waals surface area contributed by atoms with Crippen molar-refractivity contribution >= 4 is 11.7 Å². The fourth-order valence-corrected chi connectivity index (χ4v) is 4.52. The molecule has 0 bridgehead atoms. The second-order valence-electron chi connectivity index (χ2n) is 8.53. The highest BCUT2D eigenvalue weighted by Gasteiger charge is 2.24. The zero-order chi connectivity index (χ0) is 22.6. The number of carbonyl (C=O) groups is 1. The zero-order valence-corrected chi connectivity index (χ0v) is 18.6. The van der Waals surface area contributed by atoms with E-state index in [4.69, 9.17) is 4.74 Å². The number of amides is 1. The van der Waals surface area contributed by atoms with Crippen molar-refractivity contribution in [1.29, 1.82) is 0 Å². The molecule has 0 unspecified atom stereocenters. The number of halogens is 1. The van der Waals surface area contributed by atoms with Crippen molar-refractivity contribution in [2.24, 2.45) is 0 Å². The monoisotopic (exact) mass is 449 g/mol. The lowest BCUT2D eigenvalue weighted by atomic mass is 10.1. The Balaban J connectivity index is 1.32. The van der Waals surface area contributed by atoms with Gasteiger partial charge < -0.3 is 15.0 Å². The van der Waals surface area contributed by atoms with Crippen LogP contribution in [0.15, 0.2) is 42.6 Å². The van der Waals surface area contributed by atoms with Gasteiger partial charge in [-0.25, -0.2) is 14.1 Å². The number of aromatic nitrogens is 3. The Hall–Kier alpha value is -3.26. The summed E-state index contributed by atoms with van der Waals surface area (Å²) in [4.78, 5) is 19.9. The van der Waals surface area contributed by atoms with Gasteiger partial charge in [-0.2, -0.15) is 5.10 Å². The van der Waals surface area contributed by atoms with Crippen LogP contribution in [0.25, 0.3) is 5.69 Å². The minimum absolute atomic E-state index is 0.189. The molecule has 2 aliphatic rings. The first-order valence-corrected chi connectivity index (χ1v) is 11.6. The lowest BCUT2D eigenvalue weighted by molar-refractivity contribution is 0.0944. The smallest absolute Gasteiger partial charge is 0.272 e. The number of rotatable bonds is 5. The molecule has 0 atom stereocenters. The number of hydrogen-bond acceptors (Lipinski definition) is 5. The van der Waals surface area contributed by atoms with Crippen LogP contribution in [0.1, 0.15) is 46.6 Å². The van der Waals surface area contributed by atoms with Crippen molar-refractivity contribution in [2.45, 2.75) is 38.6 Å². The summed E-state index contributed by atoms with van der Waals surface area (Å²) >= 11 is 0. The van der Waals surface area contributed by atoms with Gasteiger partial charge in [-0.05, 0) is 61.6 Å². The third kappa shape index (κ3) is 4.75. The minimum atomic E-state index is -0.289. The van der Waals surface area contributed by atoms with E-state index in [2.05, 4.69) is 20.3 Å². The maximum Gasteiger partial charge on any atom is 0.272 e. The third-order valence-electron chi connectivity index (χ3n) is 6.31. The minimum Gasteiger partial charge on any atom is -0.378 e. The maximum atomic E-state index is 13.4. The summed E-state index contributed by atoms with van der Waals surface area (Å²) in [6, 6.07) is 10.2. The first-order chi connectivity index (χ1) is 16.2. The molecule has 1 amide bonds. The highest BCUT2D eigenvalue weighted by Crippen LogP contribution is 2.26. The van der Waals surface area contributed by atoms with Gasteiger partial charge in [0.15, 0.2) is 5.69 Å². The van der Waals surface area contributed by atoms with Crippen LogP contribution < -0.4 is 10.2 Å². The molecule has 0 spiro atoms. The van der Waals surface area contributed by atoms with Crippen LogP contribution in [0.4, 0.5) is 10.2 Å². The fourth-order valence-electron chi connectivity index (χ4n) is 4.52. The molecule has 1 N–H and O–H groups in total. The molecule has 0 saturated carbocycles. The number of pyridine rings is 1. The number of carbonyl (C=O) groups excluding carboxylic acids is 1. The Morgan fingerprint density at radius 1 is 1.03 bits per heavy atom. The summed E-state index contributed by atoms with van der Waals surface area (Å²) in [5.74, 6) is 0.450. The normalized spacial score (nSPS) is 16.2. The highest BCUT2D eigenvalue weighted by molar-refractivity contribution is 5.94. The number of nitrogens with one attached hydrogen (secondary N) is 1. The molecule has 1 saturated heterocycles. The first-order valence-electron chi connectivity index (χ1n) is 11.6. The van der Waals surface area contributed by atoms with Gasteiger partial charge in [0.1, 0.15) is 11.6 Å². The van der Waals surface area contributed by atoms with E-state index in [-0.39, 0.29) is 11.7 Å². The van der Waals surface area contributed by atoms with E-state index >= 15 is 0 Å². The van der Waals surface area contributed by atoms with E-state index in [1.54, 1.807) is 12.1 Å². The molecule has 7 nitrogen and oxygen atoms in total. The molecule has 1 aliphatic carbocycles. The van der Waals surface area contributed by atoms with Gasteiger partial charge in [-0.1, -0.05) is 12.5 Å². The second kappa shape index (κ2) is 9.70. The summed E-state index contributed by atoms with van der Waals surface area (Å²) in [7, 11) is 0. The third-order valence-corrected chi connectivity index (χ3v) is 6.31. The Labute approximate surface area is 192 Å². The van der Waals surface area contributed by atoms with Crippen molar-refractivity contribution < 1.29 is 13.9 Å². The van der Waals surface area contributed by atoms with Crippen molar-refractivity contribution in [2.75, 3.05) is 31.2 Å². The summed E-state index contributed by atoms with van der Waals surface area (Å²) in [6.07, 6.45) is 6.72. The van der Waals surface area contributed by atoms with Crippen molar-refractivity contribution in [3.63, 3.8) is 0 Å². The van der Waals surface area contributed by atoms with Gasteiger partial charge in [0.2, 0.25) is 0 Å². The van der Waals surface area contributed by atoms with Crippen molar-refractivity contribution in [3.05, 3.63) is 70.9 Å². The quantitative estimate of drug-likeness (QED) is 0.604. The molecule has 1 fully saturated rings. The molecule has 3 aromatic rings. The number of anilines is 1. The predicted octanol–water partition coefficient (Wildman–Crippen LogP) is 3.44. The van der Waals surface area contributed by atoms with E-state index in [1.807, 2.05) is 23.0 Å². The maximum absolute atomic E-state index is 13.4. The summed E-state index contributed by atoms with van der Waals surface area (Å²) in [6.45, 7) is 3.49. The van der Waals surface area contributed by atoms with Crippen LogP contribution in [0.3, 0.4) is 0 Å². The van der Waals surface area contributed by atoms with Gasteiger partial charge >= 0.3 is 0 Å². The topological polar surface area (TPSA) is 72.3 Å². The Morgan fingerprint density at radius 3 is 2.58 bits per heavy atom. The molecule has 1 aromatic carbocycles. The number of ether oxygens (including phenoxy) is 1. The molecule has 1 aliphatic heterocycles. The number of hydrogen-bond donors (Lipinski definition) is 1. The second-order valence-corrected chi connectivity index (χ2v) is 8.53. The molecule has 0 radical (unpaired) electrons. The van der Waals surface area contributed by atoms with Crippen molar-refractivity contribution in [1.82, 2.24) is 20.1 Å². The fraction of sp³-hybridized carbons (Fsp3) is 0.400. The molecule has 172 valence electrons. The average molecular weight is 450 g/mol. The lowest BCUT2D eigenvalue weighted by Crippen LogP contribution is -2.36. The van der Waals surface area contributed by atoms with Crippen molar-refractivity contribution in [3.8, 4) is 5.69 Å². The van der Waals surface area contributed by atoms with E-state index in [1.165, 1.54) is 12.1 Å². The van der Waals surface area contributed by atoms with Gasteiger partial charge in [0, 0.05) is 37.1 Å². The van der Waals surface area contributed by atoms with Crippen LogP contribution in [-0.2, 0) is 24.1 Å². The lowest BCUT2D eigenvalue weighted by Gasteiger charge is -2.27. The first kappa shape index (κ1) is 21.6. The zero-order valence-electron chi connectivity index (χ0n) is 18.6. The highest BCUT2D eigenvalue weighted by atomic mass is 19.1. The van der Waals surface area contributed by atoms with Crippen LogP contribution in [0, 0.1) is 5.82 Å². The Bertz CT molecular complexity index is 1110.